The number of hydrogen-bond acceptors (Lipinski definition) is 2. The van der Waals surface area contributed by atoms with Crippen molar-refractivity contribution in [1.82, 2.24) is 0 Å². The Labute approximate surface area is 66.2 Å². The lowest BCUT2D eigenvalue weighted by atomic mass is 9.95. The van der Waals surface area contributed by atoms with Crippen LogP contribution < -0.4 is 0 Å². The molecule has 2 heteroatoms. The number of carbonyl (C=O) groups is 1. The Kier molecular flexibility index (Phi) is 3.05. The van der Waals surface area contributed by atoms with E-state index in [2.05, 4.69) is 0 Å². The van der Waals surface area contributed by atoms with E-state index in [4.69, 9.17) is 5.11 Å². The molecule has 1 unspecified atom stereocenters. The summed E-state index contributed by atoms with van der Waals surface area (Å²) in [5.74, 6) is 0.554. The van der Waals surface area contributed by atoms with Crippen LogP contribution in [0.15, 0.2) is 24.3 Å². The molecule has 0 bridgehead atoms. The summed E-state index contributed by atoms with van der Waals surface area (Å²) in [5, 5.41) is 8.47. The van der Waals surface area contributed by atoms with E-state index < -0.39 is 0 Å². The zero-order valence-electron chi connectivity index (χ0n) is 6.36. The third-order valence-corrected chi connectivity index (χ3v) is 1.74. The van der Waals surface area contributed by atoms with Gasteiger partial charge in [0.1, 0.15) is 0 Å². The summed E-state index contributed by atoms with van der Waals surface area (Å²) >= 11 is 0. The van der Waals surface area contributed by atoms with Crippen LogP contribution in [0.3, 0.4) is 0 Å². The Hall–Kier alpha value is -0.890. The van der Waals surface area contributed by atoms with E-state index in [0.29, 0.717) is 12.3 Å². The van der Waals surface area contributed by atoms with E-state index in [0.717, 1.165) is 6.42 Å². The number of aliphatic hydroxyl groups excluding tert-OH is 1. The highest BCUT2D eigenvalue weighted by atomic mass is 16.2. The van der Waals surface area contributed by atoms with Crippen molar-refractivity contribution in [3.63, 3.8) is 0 Å². The quantitative estimate of drug-likeness (QED) is 0.601. The van der Waals surface area contributed by atoms with Crippen molar-refractivity contribution in [1.29, 1.82) is 0 Å². The average molecular weight is 152 g/mol. The summed E-state index contributed by atoms with van der Waals surface area (Å²) < 4.78 is 0. The minimum atomic E-state index is 0.0816. The number of hydrogen-bond donors (Lipinski definition) is 1. The van der Waals surface area contributed by atoms with Gasteiger partial charge in [-0.2, -0.15) is 0 Å². The molecule has 0 aromatic rings. The molecule has 0 aromatic carbocycles. The Bertz CT molecular complexity index is 192. The maximum atomic E-state index is 10.7. The summed E-state index contributed by atoms with van der Waals surface area (Å²) in [4.78, 5) is 10.7. The molecular weight excluding hydrogens is 140 g/mol. The number of ketones is 1. The molecule has 0 saturated carbocycles. The molecule has 1 rings (SSSR count). The maximum absolute atomic E-state index is 10.7. The predicted molar refractivity (Wildman–Crippen MR) is 43.1 cm³/mol. The van der Waals surface area contributed by atoms with Gasteiger partial charge >= 0.3 is 0 Å². The largest absolute Gasteiger partial charge is 0.392 e. The minimum absolute atomic E-state index is 0.0816. The first-order valence-corrected chi connectivity index (χ1v) is 3.81. The Balaban J connectivity index is 2.44. The van der Waals surface area contributed by atoms with Crippen LogP contribution in [0.4, 0.5) is 0 Å². The highest BCUT2D eigenvalue weighted by Gasteiger charge is 2.08. The molecule has 0 heterocycles. The van der Waals surface area contributed by atoms with Gasteiger partial charge in [-0.15, -0.1) is 0 Å². The van der Waals surface area contributed by atoms with E-state index in [-0.39, 0.29) is 12.4 Å². The molecule has 0 aliphatic heterocycles. The monoisotopic (exact) mass is 152 g/mol. The fourth-order valence-electron chi connectivity index (χ4n) is 1.12. The molecule has 0 radical (unpaired) electrons. The normalized spacial score (nSPS) is 24.8. The number of carbonyl (C=O) groups excluding carboxylic acids is 1. The second kappa shape index (κ2) is 4.09. The second-order valence-electron chi connectivity index (χ2n) is 2.64. The fourth-order valence-corrected chi connectivity index (χ4v) is 1.12. The summed E-state index contributed by atoms with van der Waals surface area (Å²) in [6.45, 7) is 0.0816. The van der Waals surface area contributed by atoms with Crippen LogP contribution in [-0.2, 0) is 4.79 Å². The maximum Gasteiger partial charge on any atom is 0.155 e. The fraction of sp³-hybridized carbons (Fsp3) is 0.444. The second-order valence-corrected chi connectivity index (χ2v) is 2.64. The van der Waals surface area contributed by atoms with Gasteiger partial charge in [0.05, 0.1) is 6.61 Å². The zero-order valence-corrected chi connectivity index (χ0v) is 6.36. The van der Waals surface area contributed by atoms with E-state index in [1.54, 1.807) is 12.2 Å². The van der Waals surface area contributed by atoms with Crippen molar-refractivity contribution in [2.45, 2.75) is 12.8 Å². The molecule has 0 fully saturated rings. The molecule has 1 N–H and O–H groups in total. The van der Waals surface area contributed by atoms with Crippen LogP contribution >= 0.6 is 0 Å². The molecule has 60 valence electrons. The first-order chi connectivity index (χ1) is 5.33. The number of allylic oxidation sites excluding steroid dienone is 3. The van der Waals surface area contributed by atoms with Gasteiger partial charge in [0.15, 0.2) is 5.78 Å². The Morgan fingerprint density at radius 3 is 3.09 bits per heavy atom. The van der Waals surface area contributed by atoms with Crippen LogP contribution in [0.25, 0.3) is 0 Å². The molecule has 0 saturated heterocycles. The summed E-state index contributed by atoms with van der Waals surface area (Å²) in [6.07, 6.45) is 8.67. The van der Waals surface area contributed by atoms with Crippen molar-refractivity contribution < 1.29 is 9.90 Å². The molecule has 0 aromatic heterocycles. The molecule has 1 aliphatic carbocycles. The summed E-state index contributed by atoms with van der Waals surface area (Å²) in [5.41, 5.74) is 0. The van der Waals surface area contributed by atoms with Gasteiger partial charge in [0.25, 0.3) is 0 Å². The van der Waals surface area contributed by atoms with Crippen molar-refractivity contribution >= 4 is 5.78 Å². The van der Waals surface area contributed by atoms with Crippen molar-refractivity contribution in [2.24, 2.45) is 5.92 Å². The van der Waals surface area contributed by atoms with Gasteiger partial charge < -0.3 is 5.11 Å². The number of rotatable bonds is 2. The van der Waals surface area contributed by atoms with Crippen LogP contribution in [-0.4, -0.2) is 17.5 Å². The lowest BCUT2D eigenvalue weighted by molar-refractivity contribution is -0.115. The Morgan fingerprint density at radius 2 is 2.55 bits per heavy atom. The van der Waals surface area contributed by atoms with Gasteiger partial charge in [-0.1, -0.05) is 18.2 Å². The molecule has 0 spiro atoms. The third-order valence-electron chi connectivity index (χ3n) is 1.74. The van der Waals surface area contributed by atoms with E-state index in [1.165, 1.54) is 0 Å². The highest BCUT2D eigenvalue weighted by Crippen LogP contribution is 2.15. The summed E-state index contributed by atoms with van der Waals surface area (Å²) in [6, 6.07) is 0. The first-order valence-electron chi connectivity index (χ1n) is 3.81. The van der Waals surface area contributed by atoms with Crippen LogP contribution in [0.1, 0.15) is 12.8 Å². The summed E-state index contributed by atoms with van der Waals surface area (Å²) in [7, 11) is 0. The van der Waals surface area contributed by atoms with Gasteiger partial charge in [-0.05, 0) is 18.4 Å². The third kappa shape index (κ3) is 2.68. The van der Waals surface area contributed by atoms with Crippen molar-refractivity contribution in [3.8, 4) is 0 Å². The molecule has 11 heavy (non-hydrogen) atoms. The predicted octanol–water partition coefficient (Wildman–Crippen LogP) is 1.07. The first kappa shape index (κ1) is 8.21. The average Bonchev–Trinajstić information content (AvgIpc) is 2.04. The lowest BCUT2D eigenvalue weighted by Gasteiger charge is -2.10. The SMILES string of the molecule is O=C1C=CC(C=CCO)CC1. The Morgan fingerprint density at radius 1 is 1.73 bits per heavy atom. The topological polar surface area (TPSA) is 37.3 Å². The molecule has 1 aliphatic rings. The van der Waals surface area contributed by atoms with E-state index >= 15 is 0 Å². The van der Waals surface area contributed by atoms with Gasteiger partial charge in [0, 0.05) is 6.42 Å². The highest BCUT2D eigenvalue weighted by molar-refractivity contribution is 5.90. The minimum Gasteiger partial charge on any atom is -0.392 e. The van der Waals surface area contributed by atoms with Crippen molar-refractivity contribution in [2.75, 3.05) is 6.61 Å². The standard InChI is InChI=1S/C9H12O2/c10-7-1-2-8-3-5-9(11)6-4-8/h1-3,5,8,10H,4,6-7H2. The van der Waals surface area contributed by atoms with E-state index in [9.17, 15) is 4.79 Å². The lowest BCUT2D eigenvalue weighted by Crippen LogP contribution is -2.05. The smallest absolute Gasteiger partial charge is 0.155 e. The van der Waals surface area contributed by atoms with Crippen molar-refractivity contribution in [3.05, 3.63) is 24.3 Å². The van der Waals surface area contributed by atoms with Crippen LogP contribution in [0, 0.1) is 5.92 Å². The van der Waals surface area contributed by atoms with Gasteiger partial charge in [-0.3, -0.25) is 4.79 Å². The molecule has 2 nitrogen and oxygen atoms in total. The van der Waals surface area contributed by atoms with E-state index in [1.807, 2.05) is 12.2 Å². The molecule has 0 amide bonds. The zero-order chi connectivity index (χ0) is 8.10. The molecular formula is C9H12O2. The molecule has 1 atom stereocenters. The van der Waals surface area contributed by atoms with Crippen LogP contribution in [0.2, 0.25) is 0 Å². The number of aliphatic hydroxyl groups is 1. The van der Waals surface area contributed by atoms with Gasteiger partial charge in [0.2, 0.25) is 0 Å². The van der Waals surface area contributed by atoms with Crippen LogP contribution in [0.5, 0.6) is 0 Å². The van der Waals surface area contributed by atoms with Gasteiger partial charge in [-0.25, -0.2) is 0 Å².